The Labute approximate surface area is 184 Å². The van der Waals surface area contributed by atoms with Crippen LogP contribution in [-0.2, 0) is 6.54 Å². The van der Waals surface area contributed by atoms with Crippen LogP contribution in [0.2, 0.25) is 5.02 Å². The summed E-state index contributed by atoms with van der Waals surface area (Å²) in [6, 6.07) is 22.4. The zero-order valence-electron chi connectivity index (χ0n) is 16.5. The van der Waals surface area contributed by atoms with Crippen molar-refractivity contribution in [1.29, 1.82) is 0 Å². The van der Waals surface area contributed by atoms with E-state index in [1.807, 2.05) is 41.3 Å². The van der Waals surface area contributed by atoms with Crippen molar-refractivity contribution in [2.24, 2.45) is 0 Å². The van der Waals surface area contributed by atoms with Crippen LogP contribution in [0.4, 0.5) is 5.69 Å². The number of halogens is 1. The van der Waals surface area contributed by atoms with E-state index < -0.39 is 0 Å². The van der Waals surface area contributed by atoms with Gasteiger partial charge in [-0.05, 0) is 41.3 Å². The summed E-state index contributed by atoms with van der Waals surface area (Å²) < 4.78 is 3.32. The Morgan fingerprint density at radius 1 is 0.933 bits per heavy atom. The molecule has 0 bridgehead atoms. The molecule has 0 atom stereocenters. The molecule has 4 nitrogen and oxygen atoms in total. The van der Waals surface area contributed by atoms with E-state index in [1.54, 1.807) is 11.3 Å². The molecule has 1 fully saturated rings. The van der Waals surface area contributed by atoms with Crippen LogP contribution in [0.15, 0.2) is 72.1 Å². The number of amides is 1. The van der Waals surface area contributed by atoms with E-state index in [-0.39, 0.29) is 5.91 Å². The molecule has 0 saturated carbocycles. The second kappa shape index (κ2) is 8.17. The van der Waals surface area contributed by atoms with Crippen LogP contribution < -0.4 is 4.90 Å². The Balaban J connectivity index is 1.36. The summed E-state index contributed by atoms with van der Waals surface area (Å²) in [6.45, 7) is 3.72. The van der Waals surface area contributed by atoms with Crippen LogP contribution >= 0.6 is 22.9 Å². The van der Waals surface area contributed by atoms with Crippen molar-refractivity contribution in [3.8, 4) is 0 Å². The van der Waals surface area contributed by atoms with Crippen LogP contribution in [0.3, 0.4) is 0 Å². The number of benzene rings is 2. The lowest BCUT2D eigenvalue weighted by Crippen LogP contribution is -2.49. The highest BCUT2D eigenvalue weighted by molar-refractivity contribution is 7.17. The molecule has 0 aliphatic carbocycles. The topological polar surface area (TPSA) is 28.5 Å². The molecule has 1 saturated heterocycles. The largest absolute Gasteiger partial charge is 0.368 e. The first-order chi connectivity index (χ1) is 14.7. The SMILES string of the molecule is O=C(c1cc2sccc2n1Cc1ccccc1)N1CCN(c2cccc(Cl)c2)CC1. The maximum Gasteiger partial charge on any atom is 0.270 e. The lowest BCUT2D eigenvalue weighted by molar-refractivity contribution is 0.0737. The average molecular weight is 436 g/mol. The predicted molar refractivity (Wildman–Crippen MR) is 125 cm³/mol. The van der Waals surface area contributed by atoms with Gasteiger partial charge in [0.25, 0.3) is 5.91 Å². The fraction of sp³-hybridized carbons (Fsp3) is 0.208. The highest BCUT2D eigenvalue weighted by Gasteiger charge is 2.26. The van der Waals surface area contributed by atoms with E-state index in [0.29, 0.717) is 19.6 Å². The highest BCUT2D eigenvalue weighted by Crippen LogP contribution is 2.28. The molecule has 2 aromatic carbocycles. The molecule has 4 aromatic rings. The number of hydrogen-bond donors (Lipinski definition) is 0. The van der Waals surface area contributed by atoms with Gasteiger partial charge in [0.1, 0.15) is 5.69 Å². The number of carbonyl (C=O) groups is 1. The molecule has 30 heavy (non-hydrogen) atoms. The Bertz CT molecular complexity index is 1180. The number of thiophene rings is 1. The standard InChI is InChI=1S/C24H22ClN3OS/c25-19-7-4-8-20(15-19)26-10-12-27(13-11-26)24(29)22-16-23-21(9-14-30-23)28(22)17-18-5-2-1-3-6-18/h1-9,14-16H,10-13,17H2. The number of hydrogen-bond acceptors (Lipinski definition) is 3. The van der Waals surface area contributed by atoms with Gasteiger partial charge < -0.3 is 14.4 Å². The summed E-state index contributed by atoms with van der Waals surface area (Å²) in [7, 11) is 0. The fourth-order valence-electron chi connectivity index (χ4n) is 4.09. The average Bonchev–Trinajstić information content (AvgIpc) is 3.37. The molecule has 1 aliphatic heterocycles. The van der Waals surface area contributed by atoms with Crippen molar-refractivity contribution in [3.05, 3.63) is 88.4 Å². The van der Waals surface area contributed by atoms with Crippen LogP contribution in [0.1, 0.15) is 16.1 Å². The maximum absolute atomic E-state index is 13.4. The number of aromatic nitrogens is 1. The zero-order valence-corrected chi connectivity index (χ0v) is 18.1. The summed E-state index contributed by atoms with van der Waals surface area (Å²) in [5, 5.41) is 2.83. The second-order valence-electron chi connectivity index (χ2n) is 7.53. The molecule has 1 amide bonds. The third kappa shape index (κ3) is 3.71. The predicted octanol–water partition coefficient (Wildman–Crippen LogP) is 5.37. The van der Waals surface area contributed by atoms with Crippen LogP contribution in [0.25, 0.3) is 10.2 Å². The molecule has 6 heteroatoms. The molecule has 0 radical (unpaired) electrons. The molecular formula is C24H22ClN3OS. The lowest BCUT2D eigenvalue weighted by Gasteiger charge is -2.36. The van der Waals surface area contributed by atoms with Crippen molar-refractivity contribution in [3.63, 3.8) is 0 Å². The van der Waals surface area contributed by atoms with Gasteiger partial charge in [0.2, 0.25) is 0 Å². The molecule has 0 N–H and O–H groups in total. The van der Waals surface area contributed by atoms with E-state index in [0.717, 1.165) is 39.7 Å². The van der Waals surface area contributed by atoms with E-state index in [1.165, 1.54) is 5.56 Å². The van der Waals surface area contributed by atoms with Gasteiger partial charge in [0, 0.05) is 43.4 Å². The molecule has 2 aromatic heterocycles. The Hall–Kier alpha value is -2.76. The number of nitrogens with zero attached hydrogens (tertiary/aromatic N) is 3. The van der Waals surface area contributed by atoms with Crippen molar-refractivity contribution < 1.29 is 4.79 Å². The van der Waals surface area contributed by atoms with Gasteiger partial charge in [-0.3, -0.25) is 4.79 Å². The monoisotopic (exact) mass is 435 g/mol. The minimum Gasteiger partial charge on any atom is -0.368 e. The van der Waals surface area contributed by atoms with E-state index in [9.17, 15) is 4.79 Å². The van der Waals surface area contributed by atoms with Crippen LogP contribution in [0.5, 0.6) is 0 Å². The van der Waals surface area contributed by atoms with E-state index in [2.05, 4.69) is 45.2 Å². The number of anilines is 1. The van der Waals surface area contributed by atoms with E-state index >= 15 is 0 Å². The summed E-state index contributed by atoms with van der Waals surface area (Å²) in [5.41, 5.74) is 4.21. The molecule has 5 rings (SSSR count). The molecular weight excluding hydrogens is 414 g/mol. The second-order valence-corrected chi connectivity index (χ2v) is 8.91. The first kappa shape index (κ1) is 19.2. The van der Waals surface area contributed by atoms with E-state index in [4.69, 9.17) is 11.6 Å². The van der Waals surface area contributed by atoms with Crippen molar-refractivity contribution >= 4 is 44.7 Å². The quantitative estimate of drug-likeness (QED) is 0.431. The maximum atomic E-state index is 13.4. The molecule has 1 aliphatic rings. The Morgan fingerprint density at radius 2 is 1.73 bits per heavy atom. The normalized spacial score (nSPS) is 14.4. The third-order valence-electron chi connectivity index (χ3n) is 5.67. The summed E-state index contributed by atoms with van der Waals surface area (Å²) in [6.07, 6.45) is 0. The van der Waals surface area contributed by atoms with Crippen molar-refractivity contribution in [1.82, 2.24) is 9.47 Å². The smallest absolute Gasteiger partial charge is 0.270 e. The summed E-state index contributed by atoms with van der Waals surface area (Å²) in [5.74, 6) is 0.111. The van der Waals surface area contributed by atoms with Crippen LogP contribution in [0, 0.1) is 0 Å². The highest BCUT2D eigenvalue weighted by atomic mass is 35.5. The van der Waals surface area contributed by atoms with Crippen LogP contribution in [-0.4, -0.2) is 41.6 Å². The fourth-order valence-corrected chi connectivity index (χ4v) is 5.10. The van der Waals surface area contributed by atoms with Gasteiger partial charge >= 0.3 is 0 Å². The molecule has 0 unspecified atom stereocenters. The summed E-state index contributed by atoms with van der Waals surface area (Å²) in [4.78, 5) is 17.7. The number of rotatable bonds is 4. The van der Waals surface area contributed by atoms with Gasteiger partial charge in [0.05, 0.1) is 10.2 Å². The Kier molecular flexibility index (Phi) is 5.23. The first-order valence-electron chi connectivity index (χ1n) is 10.1. The number of fused-ring (bicyclic) bond motifs is 1. The van der Waals surface area contributed by atoms with Gasteiger partial charge in [0.15, 0.2) is 0 Å². The molecule has 0 spiro atoms. The lowest BCUT2D eigenvalue weighted by atomic mass is 10.2. The number of carbonyl (C=O) groups excluding carboxylic acids is 1. The Morgan fingerprint density at radius 3 is 2.50 bits per heavy atom. The number of piperazine rings is 1. The summed E-state index contributed by atoms with van der Waals surface area (Å²) >= 11 is 7.83. The van der Waals surface area contributed by atoms with Gasteiger partial charge in [-0.2, -0.15) is 0 Å². The molecule has 3 heterocycles. The van der Waals surface area contributed by atoms with Gasteiger partial charge in [-0.1, -0.05) is 48.0 Å². The molecule has 152 valence electrons. The van der Waals surface area contributed by atoms with Gasteiger partial charge in [-0.15, -0.1) is 11.3 Å². The van der Waals surface area contributed by atoms with Gasteiger partial charge in [-0.25, -0.2) is 0 Å². The minimum absolute atomic E-state index is 0.111. The van der Waals surface area contributed by atoms with Crippen molar-refractivity contribution in [2.45, 2.75) is 6.54 Å². The minimum atomic E-state index is 0.111. The first-order valence-corrected chi connectivity index (χ1v) is 11.4. The zero-order chi connectivity index (χ0) is 20.5. The van der Waals surface area contributed by atoms with Crippen molar-refractivity contribution in [2.75, 3.05) is 31.1 Å². The third-order valence-corrected chi connectivity index (χ3v) is 6.75.